The summed E-state index contributed by atoms with van der Waals surface area (Å²) < 4.78 is 0. The summed E-state index contributed by atoms with van der Waals surface area (Å²) in [6.45, 7) is 5.52. The summed E-state index contributed by atoms with van der Waals surface area (Å²) in [7, 11) is 0. The molecule has 0 saturated carbocycles. The number of amides is 1. The van der Waals surface area contributed by atoms with Gasteiger partial charge in [0, 0.05) is 32.0 Å². The lowest BCUT2D eigenvalue weighted by Gasteiger charge is -2.23. The molecule has 4 nitrogen and oxygen atoms in total. The van der Waals surface area contributed by atoms with E-state index in [1.54, 1.807) is 12.4 Å². The van der Waals surface area contributed by atoms with Crippen LogP contribution in [0.2, 0.25) is 0 Å². The van der Waals surface area contributed by atoms with E-state index >= 15 is 0 Å². The Hall–Kier alpha value is -1.42. The van der Waals surface area contributed by atoms with Gasteiger partial charge in [-0.25, -0.2) is 0 Å². The van der Waals surface area contributed by atoms with Crippen molar-refractivity contribution < 1.29 is 4.79 Å². The second-order valence-electron chi connectivity index (χ2n) is 4.44. The number of hydrogen-bond acceptors (Lipinski definition) is 3. The molecule has 1 N–H and O–H groups in total. The van der Waals surface area contributed by atoms with E-state index in [0.717, 1.165) is 38.2 Å². The molecule has 0 aliphatic carbocycles. The van der Waals surface area contributed by atoms with Crippen LogP contribution in [0.15, 0.2) is 24.5 Å². The number of aromatic nitrogens is 1. The summed E-state index contributed by atoms with van der Waals surface area (Å²) in [6.07, 6.45) is 4.54. The molecule has 1 atom stereocenters. The minimum absolute atomic E-state index is 0.0956. The van der Waals surface area contributed by atoms with Crippen molar-refractivity contribution in [1.29, 1.82) is 0 Å². The van der Waals surface area contributed by atoms with Gasteiger partial charge in [-0.15, -0.1) is 0 Å². The van der Waals surface area contributed by atoms with Crippen molar-refractivity contribution in [3.8, 4) is 0 Å². The maximum atomic E-state index is 12.3. The molecule has 1 aliphatic rings. The topological polar surface area (TPSA) is 45.2 Å². The number of rotatable bonds is 2. The molecule has 92 valence electrons. The molecule has 17 heavy (non-hydrogen) atoms. The Kier molecular flexibility index (Phi) is 4.09. The first-order valence-corrected chi connectivity index (χ1v) is 6.18. The quantitative estimate of drug-likeness (QED) is 0.829. The number of nitrogens with zero attached hydrogens (tertiary/aromatic N) is 2. The number of carbonyl (C=O) groups is 1. The van der Waals surface area contributed by atoms with Gasteiger partial charge in [0.25, 0.3) is 0 Å². The van der Waals surface area contributed by atoms with E-state index in [2.05, 4.69) is 10.3 Å². The highest BCUT2D eigenvalue weighted by molar-refractivity contribution is 5.83. The van der Waals surface area contributed by atoms with Crippen LogP contribution >= 0.6 is 0 Å². The van der Waals surface area contributed by atoms with Gasteiger partial charge in [0.1, 0.15) is 0 Å². The minimum atomic E-state index is -0.0956. The Morgan fingerprint density at radius 2 is 2.35 bits per heavy atom. The van der Waals surface area contributed by atoms with Gasteiger partial charge in [-0.05, 0) is 31.5 Å². The van der Waals surface area contributed by atoms with Crippen LogP contribution in [0.1, 0.15) is 24.8 Å². The second kappa shape index (κ2) is 5.77. The van der Waals surface area contributed by atoms with Gasteiger partial charge in [-0.1, -0.05) is 6.07 Å². The first kappa shape index (κ1) is 12.0. The monoisotopic (exact) mass is 233 g/mol. The lowest BCUT2D eigenvalue weighted by Crippen LogP contribution is -2.36. The van der Waals surface area contributed by atoms with Crippen LogP contribution in [0.4, 0.5) is 0 Å². The molecule has 2 rings (SSSR count). The van der Waals surface area contributed by atoms with Crippen molar-refractivity contribution in [2.75, 3.05) is 26.2 Å². The molecule has 0 bridgehead atoms. The highest BCUT2D eigenvalue weighted by Gasteiger charge is 2.22. The van der Waals surface area contributed by atoms with E-state index in [1.807, 2.05) is 24.0 Å². The van der Waals surface area contributed by atoms with E-state index in [9.17, 15) is 4.79 Å². The largest absolute Gasteiger partial charge is 0.341 e. The second-order valence-corrected chi connectivity index (χ2v) is 4.44. The lowest BCUT2D eigenvalue weighted by molar-refractivity contribution is -0.132. The van der Waals surface area contributed by atoms with E-state index in [1.165, 1.54) is 0 Å². The van der Waals surface area contributed by atoms with E-state index in [4.69, 9.17) is 0 Å². The molecular formula is C13H19N3O. The maximum absolute atomic E-state index is 12.3. The highest BCUT2D eigenvalue weighted by Crippen LogP contribution is 2.17. The number of nitrogens with one attached hydrogen (secondary N) is 1. The third kappa shape index (κ3) is 3.03. The summed E-state index contributed by atoms with van der Waals surface area (Å²) in [4.78, 5) is 18.3. The molecule has 1 amide bonds. The zero-order valence-corrected chi connectivity index (χ0v) is 10.2. The Morgan fingerprint density at radius 3 is 3.12 bits per heavy atom. The van der Waals surface area contributed by atoms with Crippen LogP contribution in [0.25, 0.3) is 0 Å². The van der Waals surface area contributed by atoms with Gasteiger partial charge >= 0.3 is 0 Å². The lowest BCUT2D eigenvalue weighted by atomic mass is 10.0. The molecule has 0 aromatic carbocycles. The minimum Gasteiger partial charge on any atom is -0.341 e. The molecule has 1 aliphatic heterocycles. The molecule has 1 aromatic heterocycles. The van der Waals surface area contributed by atoms with Crippen LogP contribution in [0.5, 0.6) is 0 Å². The molecule has 4 heteroatoms. The Morgan fingerprint density at radius 1 is 1.47 bits per heavy atom. The van der Waals surface area contributed by atoms with Gasteiger partial charge in [-0.2, -0.15) is 0 Å². The first-order chi connectivity index (χ1) is 8.29. The zero-order chi connectivity index (χ0) is 12.1. The smallest absolute Gasteiger partial charge is 0.229 e. The van der Waals surface area contributed by atoms with Gasteiger partial charge in [-0.3, -0.25) is 9.78 Å². The van der Waals surface area contributed by atoms with Crippen LogP contribution in [0.3, 0.4) is 0 Å². The number of carbonyl (C=O) groups excluding carboxylic acids is 1. The van der Waals surface area contributed by atoms with Gasteiger partial charge in [0.2, 0.25) is 5.91 Å². The summed E-state index contributed by atoms with van der Waals surface area (Å²) in [6, 6.07) is 3.84. The van der Waals surface area contributed by atoms with Crippen molar-refractivity contribution >= 4 is 5.91 Å². The van der Waals surface area contributed by atoms with Crippen LogP contribution < -0.4 is 5.32 Å². The Bertz CT molecular complexity index is 358. The molecule has 2 heterocycles. The summed E-state index contributed by atoms with van der Waals surface area (Å²) in [5, 5.41) is 3.30. The first-order valence-electron chi connectivity index (χ1n) is 6.18. The van der Waals surface area contributed by atoms with Crippen LogP contribution in [-0.4, -0.2) is 42.0 Å². The molecule has 1 unspecified atom stereocenters. The molecule has 1 saturated heterocycles. The SMILES string of the molecule is CC(C(=O)N1CCCNCC1)c1cccnc1. The summed E-state index contributed by atoms with van der Waals surface area (Å²) in [5.74, 6) is 0.114. The maximum Gasteiger partial charge on any atom is 0.229 e. The average Bonchev–Trinajstić information content (AvgIpc) is 2.67. The van der Waals surface area contributed by atoms with Gasteiger partial charge < -0.3 is 10.2 Å². The average molecular weight is 233 g/mol. The van der Waals surface area contributed by atoms with Gasteiger partial charge in [0.05, 0.1) is 5.92 Å². The molecular weight excluding hydrogens is 214 g/mol. The Labute approximate surface area is 102 Å². The highest BCUT2D eigenvalue weighted by atomic mass is 16.2. The molecule has 0 spiro atoms. The fourth-order valence-electron chi connectivity index (χ4n) is 2.11. The molecule has 1 aromatic rings. The third-order valence-corrected chi connectivity index (χ3v) is 3.21. The van der Waals surface area contributed by atoms with Crippen molar-refractivity contribution in [2.24, 2.45) is 0 Å². The van der Waals surface area contributed by atoms with Crippen molar-refractivity contribution in [3.63, 3.8) is 0 Å². The van der Waals surface area contributed by atoms with E-state index in [0.29, 0.717) is 0 Å². The predicted molar refractivity (Wildman–Crippen MR) is 66.7 cm³/mol. The van der Waals surface area contributed by atoms with E-state index in [-0.39, 0.29) is 11.8 Å². The Balaban J connectivity index is 2.03. The molecule has 1 fully saturated rings. The van der Waals surface area contributed by atoms with Crippen molar-refractivity contribution in [1.82, 2.24) is 15.2 Å². The normalized spacial score (nSPS) is 18.5. The van der Waals surface area contributed by atoms with E-state index < -0.39 is 0 Å². The summed E-state index contributed by atoms with van der Waals surface area (Å²) >= 11 is 0. The zero-order valence-electron chi connectivity index (χ0n) is 10.2. The standard InChI is InChI=1S/C13H19N3O/c1-11(12-4-2-5-15-10-12)13(17)16-8-3-6-14-7-9-16/h2,4-5,10-11,14H,3,6-9H2,1H3. The van der Waals surface area contributed by atoms with Crippen molar-refractivity contribution in [3.05, 3.63) is 30.1 Å². The fourth-order valence-corrected chi connectivity index (χ4v) is 2.11. The number of hydrogen-bond donors (Lipinski definition) is 1. The van der Waals surface area contributed by atoms with Crippen LogP contribution in [-0.2, 0) is 4.79 Å². The fraction of sp³-hybridized carbons (Fsp3) is 0.538. The van der Waals surface area contributed by atoms with Crippen LogP contribution in [0, 0.1) is 0 Å². The molecule has 0 radical (unpaired) electrons. The summed E-state index contributed by atoms with van der Waals surface area (Å²) in [5.41, 5.74) is 0.995. The van der Waals surface area contributed by atoms with Gasteiger partial charge in [0.15, 0.2) is 0 Å². The van der Waals surface area contributed by atoms with Crippen molar-refractivity contribution in [2.45, 2.75) is 19.3 Å². The predicted octanol–water partition coefficient (Wildman–Crippen LogP) is 1.01. The number of pyridine rings is 1. The third-order valence-electron chi connectivity index (χ3n) is 3.21.